The summed E-state index contributed by atoms with van der Waals surface area (Å²) in [6.45, 7) is 1.90. The molecule has 0 spiro atoms. The summed E-state index contributed by atoms with van der Waals surface area (Å²) in [5.41, 5.74) is 0.923. The fourth-order valence-corrected chi connectivity index (χ4v) is 3.59. The molecule has 0 aliphatic heterocycles. The number of aromatic nitrogens is 1. The Kier molecular flexibility index (Phi) is 3.90. The predicted molar refractivity (Wildman–Crippen MR) is 84.4 cm³/mol. The zero-order chi connectivity index (χ0) is 14.8. The lowest BCUT2D eigenvalue weighted by molar-refractivity contribution is 0.101. The first kappa shape index (κ1) is 14.0. The van der Waals surface area contributed by atoms with Gasteiger partial charge in [-0.25, -0.2) is 9.78 Å². The van der Waals surface area contributed by atoms with Crippen molar-refractivity contribution >= 4 is 39.9 Å². The van der Waals surface area contributed by atoms with E-state index in [-0.39, 0.29) is 17.1 Å². The molecule has 1 aromatic carbocycles. The minimum atomic E-state index is -0.588. The van der Waals surface area contributed by atoms with Crippen LogP contribution >= 0.6 is 23.1 Å². The van der Waals surface area contributed by atoms with E-state index in [1.807, 2.05) is 24.4 Å². The molecule has 0 N–H and O–H groups in total. The predicted octanol–water partition coefficient (Wildman–Crippen LogP) is 3.53. The topological polar surface area (TPSA) is 60.2 Å². The van der Waals surface area contributed by atoms with Crippen LogP contribution in [0.3, 0.4) is 0 Å². The SMILES string of the molecule is Cc1csc(SCC(=O)c2cc3ccccc3oc2=O)n1. The lowest BCUT2D eigenvalue weighted by atomic mass is 10.1. The number of thiazole rings is 1. The Balaban J connectivity index is 1.84. The van der Waals surface area contributed by atoms with Crippen LogP contribution < -0.4 is 5.63 Å². The number of hydrogen-bond donors (Lipinski definition) is 0. The maximum absolute atomic E-state index is 12.2. The molecule has 4 nitrogen and oxygen atoms in total. The third-order valence-corrected chi connectivity index (χ3v) is 5.01. The molecule has 0 fully saturated rings. The highest BCUT2D eigenvalue weighted by atomic mass is 32.2. The van der Waals surface area contributed by atoms with E-state index in [2.05, 4.69) is 4.98 Å². The Labute approximate surface area is 128 Å². The fourth-order valence-electron chi connectivity index (χ4n) is 1.86. The number of carbonyl (C=O) groups is 1. The monoisotopic (exact) mass is 317 g/mol. The van der Waals surface area contributed by atoms with Crippen molar-refractivity contribution in [2.75, 3.05) is 5.75 Å². The number of hydrogen-bond acceptors (Lipinski definition) is 6. The number of rotatable bonds is 4. The molecular weight excluding hydrogens is 306 g/mol. The summed E-state index contributed by atoms with van der Waals surface area (Å²) in [6, 6.07) is 8.73. The molecule has 3 rings (SSSR count). The number of fused-ring (bicyclic) bond motifs is 1. The van der Waals surface area contributed by atoms with E-state index in [0.717, 1.165) is 15.4 Å². The molecule has 0 radical (unpaired) electrons. The minimum Gasteiger partial charge on any atom is -0.422 e. The lowest BCUT2D eigenvalue weighted by Gasteiger charge is -2.00. The zero-order valence-electron chi connectivity index (χ0n) is 11.2. The Morgan fingerprint density at radius 2 is 2.19 bits per heavy atom. The normalized spacial score (nSPS) is 10.9. The largest absolute Gasteiger partial charge is 0.422 e. The maximum Gasteiger partial charge on any atom is 0.347 e. The van der Waals surface area contributed by atoms with Gasteiger partial charge in [0.1, 0.15) is 11.1 Å². The second-order valence-corrected chi connectivity index (χ2v) is 6.53. The van der Waals surface area contributed by atoms with Crippen LogP contribution in [0.25, 0.3) is 11.0 Å². The van der Waals surface area contributed by atoms with Crippen molar-refractivity contribution in [2.24, 2.45) is 0 Å². The Morgan fingerprint density at radius 1 is 1.38 bits per heavy atom. The highest BCUT2D eigenvalue weighted by molar-refractivity contribution is 8.01. The van der Waals surface area contributed by atoms with Gasteiger partial charge in [-0.05, 0) is 19.1 Å². The van der Waals surface area contributed by atoms with Gasteiger partial charge in [-0.2, -0.15) is 0 Å². The molecule has 3 aromatic rings. The van der Waals surface area contributed by atoms with Crippen LogP contribution in [0.15, 0.2) is 49.3 Å². The van der Waals surface area contributed by atoms with Crippen molar-refractivity contribution in [3.63, 3.8) is 0 Å². The van der Waals surface area contributed by atoms with Crippen LogP contribution in [0.5, 0.6) is 0 Å². The van der Waals surface area contributed by atoms with Gasteiger partial charge in [0.25, 0.3) is 0 Å². The van der Waals surface area contributed by atoms with Crippen LogP contribution in [0.4, 0.5) is 0 Å². The van der Waals surface area contributed by atoms with E-state index < -0.39 is 5.63 Å². The van der Waals surface area contributed by atoms with Gasteiger partial charge in [0.05, 0.1) is 5.75 Å². The molecule has 6 heteroatoms. The first-order valence-corrected chi connectivity index (χ1v) is 8.11. The molecule has 0 amide bonds. The van der Waals surface area contributed by atoms with E-state index in [0.29, 0.717) is 5.58 Å². The molecule has 0 saturated carbocycles. The summed E-state index contributed by atoms with van der Waals surface area (Å²) >= 11 is 2.83. The Morgan fingerprint density at radius 3 is 2.95 bits per heavy atom. The average Bonchev–Trinajstić information content (AvgIpc) is 2.89. The Hall–Kier alpha value is -1.92. The molecule has 0 aliphatic rings. The van der Waals surface area contributed by atoms with Gasteiger partial charge < -0.3 is 4.42 Å². The van der Waals surface area contributed by atoms with E-state index in [9.17, 15) is 9.59 Å². The summed E-state index contributed by atoms with van der Waals surface area (Å²) in [4.78, 5) is 28.3. The van der Waals surface area contributed by atoms with Crippen LogP contribution in [0, 0.1) is 6.92 Å². The number of aryl methyl sites for hydroxylation is 1. The van der Waals surface area contributed by atoms with Crippen molar-refractivity contribution in [1.29, 1.82) is 0 Å². The second kappa shape index (κ2) is 5.83. The second-order valence-electron chi connectivity index (χ2n) is 4.45. The third kappa shape index (κ3) is 3.06. The number of benzene rings is 1. The van der Waals surface area contributed by atoms with Gasteiger partial charge >= 0.3 is 5.63 Å². The lowest BCUT2D eigenvalue weighted by Crippen LogP contribution is -2.15. The van der Waals surface area contributed by atoms with Gasteiger partial charge in [0.2, 0.25) is 0 Å². The quantitative estimate of drug-likeness (QED) is 0.418. The summed E-state index contributed by atoms with van der Waals surface area (Å²) in [5, 5.41) is 2.67. The molecule has 0 saturated heterocycles. The standard InChI is InChI=1S/C15H11NO3S2/c1-9-7-20-15(16-9)21-8-12(17)11-6-10-4-2-3-5-13(10)19-14(11)18/h2-7H,8H2,1H3. The van der Waals surface area contributed by atoms with Crippen LogP contribution in [-0.2, 0) is 0 Å². The number of thioether (sulfide) groups is 1. The molecule has 2 heterocycles. The van der Waals surface area contributed by atoms with Gasteiger partial charge in [0, 0.05) is 16.5 Å². The zero-order valence-corrected chi connectivity index (χ0v) is 12.8. The maximum atomic E-state index is 12.2. The number of para-hydroxylation sites is 1. The van der Waals surface area contributed by atoms with E-state index in [1.165, 1.54) is 23.1 Å². The van der Waals surface area contributed by atoms with Crippen molar-refractivity contribution in [3.8, 4) is 0 Å². The molecule has 2 aromatic heterocycles. The molecule has 0 atom stereocenters. The van der Waals surface area contributed by atoms with Crippen molar-refractivity contribution in [3.05, 3.63) is 57.4 Å². The van der Waals surface area contributed by atoms with Crippen molar-refractivity contribution in [1.82, 2.24) is 4.98 Å². The summed E-state index contributed by atoms with van der Waals surface area (Å²) in [7, 11) is 0. The molecule has 0 unspecified atom stereocenters. The Bertz CT molecular complexity index is 866. The highest BCUT2D eigenvalue weighted by Gasteiger charge is 2.14. The summed E-state index contributed by atoms with van der Waals surface area (Å²) in [6.07, 6.45) is 0. The van der Waals surface area contributed by atoms with E-state index in [4.69, 9.17) is 4.42 Å². The van der Waals surface area contributed by atoms with Crippen molar-refractivity contribution < 1.29 is 9.21 Å². The minimum absolute atomic E-state index is 0.0921. The number of Topliss-reactive ketones (excluding diaryl/α,β-unsaturated/α-hetero) is 1. The molecule has 0 aliphatic carbocycles. The molecule has 106 valence electrons. The highest BCUT2D eigenvalue weighted by Crippen LogP contribution is 2.23. The van der Waals surface area contributed by atoms with Gasteiger partial charge in [-0.15, -0.1) is 11.3 Å². The molecule has 0 bridgehead atoms. The van der Waals surface area contributed by atoms with Crippen molar-refractivity contribution in [2.45, 2.75) is 11.3 Å². The summed E-state index contributed by atoms with van der Waals surface area (Å²) < 4.78 is 6.00. The van der Waals surface area contributed by atoms with Gasteiger partial charge in [-0.1, -0.05) is 30.0 Å². The first-order valence-electron chi connectivity index (χ1n) is 6.24. The summed E-state index contributed by atoms with van der Waals surface area (Å²) in [5.74, 6) is -0.0665. The van der Waals surface area contributed by atoms with Crippen LogP contribution in [0.2, 0.25) is 0 Å². The first-order chi connectivity index (χ1) is 10.1. The van der Waals surface area contributed by atoms with E-state index in [1.54, 1.807) is 18.2 Å². The van der Waals surface area contributed by atoms with Gasteiger partial charge in [0.15, 0.2) is 10.1 Å². The van der Waals surface area contributed by atoms with Crippen LogP contribution in [-0.4, -0.2) is 16.5 Å². The smallest absolute Gasteiger partial charge is 0.347 e. The molecular formula is C15H11NO3S2. The third-order valence-electron chi connectivity index (χ3n) is 2.87. The molecule has 21 heavy (non-hydrogen) atoms. The average molecular weight is 317 g/mol. The van der Waals surface area contributed by atoms with E-state index >= 15 is 0 Å². The van der Waals surface area contributed by atoms with Gasteiger partial charge in [-0.3, -0.25) is 4.79 Å². The number of ketones is 1. The van der Waals surface area contributed by atoms with Crippen LogP contribution in [0.1, 0.15) is 16.1 Å². The number of carbonyl (C=O) groups excluding carboxylic acids is 1. The fraction of sp³-hybridized carbons (Fsp3) is 0.133. The number of nitrogens with zero attached hydrogens (tertiary/aromatic N) is 1.